The Morgan fingerprint density at radius 2 is 1.80 bits per heavy atom. The Labute approximate surface area is 171 Å². The van der Waals surface area contributed by atoms with Crippen LogP contribution >= 0.6 is 0 Å². The highest BCUT2D eigenvalue weighted by atomic mass is 19.4. The normalized spacial score (nSPS) is 19.4. The average molecular weight is 419 g/mol. The maximum atomic E-state index is 13.1. The number of carbonyl (C=O) groups is 2. The van der Waals surface area contributed by atoms with Gasteiger partial charge < -0.3 is 14.4 Å². The van der Waals surface area contributed by atoms with Crippen molar-refractivity contribution in [2.45, 2.75) is 18.3 Å². The number of halogens is 3. The van der Waals surface area contributed by atoms with Crippen LogP contribution in [-0.4, -0.2) is 43.6 Å². The predicted molar refractivity (Wildman–Crippen MR) is 103 cm³/mol. The molecular weight excluding hydrogens is 399 g/mol. The second-order valence-electron chi connectivity index (χ2n) is 6.76. The fraction of sp³-hybridized carbons (Fsp3) is 0.273. The summed E-state index contributed by atoms with van der Waals surface area (Å²) in [5.74, 6) is -1.04. The van der Waals surface area contributed by atoms with Gasteiger partial charge in [-0.1, -0.05) is 42.5 Å². The van der Waals surface area contributed by atoms with E-state index in [0.29, 0.717) is 0 Å². The number of β-lactam (4-membered cyclic amide) rings is 1. The Kier molecular flexibility index (Phi) is 6.26. The first-order valence-electron chi connectivity index (χ1n) is 9.10. The number of methoxy groups -OCH3 is 2. The lowest BCUT2D eigenvalue weighted by molar-refractivity contribution is -0.170. The van der Waals surface area contributed by atoms with Gasteiger partial charge in [-0.25, -0.2) is 4.79 Å². The van der Waals surface area contributed by atoms with E-state index in [0.717, 1.165) is 17.7 Å². The summed E-state index contributed by atoms with van der Waals surface area (Å²) in [5.41, 5.74) is 0.385. The first kappa shape index (κ1) is 21.6. The molecule has 2 aromatic rings. The van der Waals surface area contributed by atoms with Crippen LogP contribution in [0.2, 0.25) is 0 Å². The van der Waals surface area contributed by atoms with E-state index in [1.165, 1.54) is 31.3 Å². The molecule has 0 unspecified atom stereocenters. The predicted octanol–water partition coefficient (Wildman–Crippen LogP) is 3.86. The van der Waals surface area contributed by atoms with Crippen molar-refractivity contribution in [3.8, 4) is 0 Å². The molecule has 30 heavy (non-hydrogen) atoms. The third kappa shape index (κ3) is 4.38. The molecule has 1 aliphatic heterocycles. The molecule has 5 nitrogen and oxygen atoms in total. The molecule has 1 heterocycles. The van der Waals surface area contributed by atoms with Crippen molar-refractivity contribution in [1.29, 1.82) is 0 Å². The van der Waals surface area contributed by atoms with Crippen LogP contribution in [0.15, 0.2) is 60.2 Å². The van der Waals surface area contributed by atoms with Crippen LogP contribution in [0.4, 0.5) is 13.2 Å². The molecule has 0 N–H and O–H groups in total. The number of hydrogen-bond donors (Lipinski definition) is 0. The fourth-order valence-corrected chi connectivity index (χ4v) is 3.41. The molecule has 158 valence electrons. The van der Waals surface area contributed by atoms with E-state index in [4.69, 9.17) is 9.47 Å². The Bertz CT molecular complexity index is 956. The number of amides is 1. The summed E-state index contributed by atoms with van der Waals surface area (Å²) in [6.07, 6.45) is -3.85. The van der Waals surface area contributed by atoms with Gasteiger partial charge in [-0.2, -0.15) is 13.2 Å². The minimum absolute atomic E-state index is 0.124. The topological polar surface area (TPSA) is 55.8 Å². The second kappa shape index (κ2) is 8.71. The van der Waals surface area contributed by atoms with E-state index >= 15 is 0 Å². The van der Waals surface area contributed by atoms with Gasteiger partial charge in [-0.05, 0) is 29.3 Å². The molecule has 8 heteroatoms. The van der Waals surface area contributed by atoms with Crippen molar-refractivity contribution in [2.24, 2.45) is 0 Å². The summed E-state index contributed by atoms with van der Waals surface area (Å²) in [4.78, 5) is 26.1. The maximum absolute atomic E-state index is 13.1. The van der Waals surface area contributed by atoms with Crippen LogP contribution in [0.5, 0.6) is 0 Å². The average Bonchev–Trinajstić information content (AvgIpc) is 2.74. The molecule has 2 aromatic carbocycles. The molecule has 0 radical (unpaired) electrons. The third-order valence-electron chi connectivity index (χ3n) is 4.89. The standard InChI is InChI=1S/C22H20F3NO4/c1-29-19-18(15-9-6-10-17(12-15)22(23,24)25)26(20(19)27)13-16(21(28)30-2)11-14-7-4-3-5-8-14/h3-12,18-19H,13H2,1-2H3/b16-11+/t18-,19+/m1/s1. The zero-order chi connectivity index (χ0) is 21.9. The van der Waals surface area contributed by atoms with Crippen molar-refractivity contribution >= 4 is 18.0 Å². The van der Waals surface area contributed by atoms with Gasteiger partial charge in [0.2, 0.25) is 0 Å². The van der Waals surface area contributed by atoms with Crippen molar-refractivity contribution in [1.82, 2.24) is 4.90 Å². The number of esters is 1. The second-order valence-corrected chi connectivity index (χ2v) is 6.76. The molecule has 0 aliphatic carbocycles. The lowest BCUT2D eigenvalue weighted by Crippen LogP contribution is -2.60. The van der Waals surface area contributed by atoms with Gasteiger partial charge in [-0.15, -0.1) is 0 Å². The van der Waals surface area contributed by atoms with Crippen molar-refractivity contribution < 1.29 is 32.2 Å². The monoisotopic (exact) mass is 419 g/mol. The number of carbonyl (C=O) groups excluding carboxylic acids is 2. The smallest absolute Gasteiger partial charge is 0.416 e. The highest BCUT2D eigenvalue weighted by Crippen LogP contribution is 2.39. The van der Waals surface area contributed by atoms with Gasteiger partial charge in [0.1, 0.15) is 0 Å². The first-order chi connectivity index (χ1) is 14.3. The Morgan fingerprint density at radius 3 is 2.40 bits per heavy atom. The van der Waals surface area contributed by atoms with Crippen LogP contribution in [0.3, 0.4) is 0 Å². The van der Waals surface area contributed by atoms with Gasteiger partial charge >= 0.3 is 12.1 Å². The minimum atomic E-state index is -4.51. The highest BCUT2D eigenvalue weighted by molar-refractivity contribution is 5.96. The summed E-state index contributed by atoms with van der Waals surface area (Å²) < 4.78 is 49.4. The lowest BCUT2D eigenvalue weighted by Gasteiger charge is -2.46. The van der Waals surface area contributed by atoms with Crippen molar-refractivity contribution in [3.63, 3.8) is 0 Å². The SMILES string of the molecule is COC(=O)/C(=C/c1ccccc1)CN1C(=O)[C@@H](OC)[C@H]1c1cccc(C(F)(F)F)c1. The summed E-state index contributed by atoms with van der Waals surface area (Å²) in [7, 11) is 2.54. The zero-order valence-corrected chi connectivity index (χ0v) is 16.3. The molecule has 3 rings (SSSR count). The molecule has 1 aliphatic rings. The van der Waals surface area contributed by atoms with Crippen LogP contribution in [0.1, 0.15) is 22.7 Å². The fourth-order valence-electron chi connectivity index (χ4n) is 3.41. The molecular formula is C22H20F3NO4. The van der Waals surface area contributed by atoms with E-state index in [9.17, 15) is 22.8 Å². The lowest BCUT2D eigenvalue weighted by atomic mass is 9.88. The number of hydrogen-bond acceptors (Lipinski definition) is 4. The number of benzene rings is 2. The van der Waals surface area contributed by atoms with Gasteiger partial charge in [0, 0.05) is 7.11 Å². The number of nitrogens with zero attached hydrogens (tertiary/aromatic N) is 1. The quantitative estimate of drug-likeness (QED) is 0.405. The van der Waals surface area contributed by atoms with Crippen molar-refractivity contribution in [3.05, 3.63) is 76.9 Å². The van der Waals surface area contributed by atoms with Crippen LogP contribution in [0.25, 0.3) is 6.08 Å². The molecule has 2 atom stereocenters. The molecule has 0 aromatic heterocycles. The van der Waals surface area contributed by atoms with E-state index in [1.54, 1.807) is 30.3 Å². The number of likely N-dealkylation sites (tertiary alicyclic amines) is 1. The number of ether oxygens (including phenoxy) is 2. The zero-order valence-electron chi connectivity index (χ0n) is 16.3. The van der Waals surface area contributed by atoms with Gasteiger partial charge in [0.25, 0.3) is 5.91 Å². The van der Waals surface area contributed by atoms with Crippen LogP contribution in [0, 0.1) is 0 Å². The first-order valence-corrected chi connectivity index (χ1v) is 9.10. The van der Waals surface area contributed by atoms with Gasteiger partial charge in [0.05, 0.1) is 30.8 Å². The maximum Gasteiger partial charge on any atom is 0.416 e. The molecule has 0 spiro atoms. The van der Waals surface area contributed by atoms with E-state index in [2.05, 4.69) is 0 Å². The molecule has 1 amide bonds. The summed E-state index contributed by atoms with van der Waals surface area (Å²) in [6.45, 7) is -0.124. The van der Waals surface area contributed by atoms with Crippen LogP contribution in [-0.2, 0) is 25.2 Å². The molecule has 0 saturated carbocycles. The molecule has 1 saturated heterocycles. The molecule has 0 bridgehead atoms. The highest BCUT2D eigenvalue weighted by Gasteiger charge is 2.49. The Balaban J connectivity index is 1.94. The van der Waals surface area contributed by atoms with Gasteiger partial charge in [0.15, 0.2) is 6.10 Å². The number of alkyl halides is 3. The largest absolute Gasteiger partial charge is 0.466 e. The Hall–Kier alpha value is -3.13. The summed E-state index contributed by atoms with van der Waals surface area (Å²) in [5, 5.41) is 0. The van der Waals surface area contributed by atoms with Crippen LogP contribution < -0.4 is 0 Å². The van der Waals surface area contributed by atoms with E-state index in [1.807, 2.05) is 6.07 Å². The van der Waals surface area contributed by atoms with E-state index < -0.39 is 35.8 Å². The summed E-state index contributed by atoms with van der Waals surface area (Å²) in [6, 6.07) is 13.0. The molecule has 1 fully saturated rings. The van der Waals surface area contributed by atoms with E-state index in [-0.39, 0.29) is 17.7 Å². The van der Waals surface area contributed by atoms with Gasteiger partial charge in [-0.3, -0.25) is 4.79 Å². The number of rotatable bonds is 6. The summed E-state index contributed by atoms with van der Waals surface area (Å²) >= 11 is 0. The third-order valence-corrected chi connectivity index (χ3v) is 4.89. The minimum Gasteiger partial charge on any atom is -0.466 e. The Morgan fingerprint density at radius 1 is 1.10 bits per heavy atom. The van der Waals surface area contributed by atoms with Crippen molar-refractivity contribution in [2.75, 3.05) is 20.8 Å².